The van der Waals surface area contributed by atoms with Crippen molar-refractivity contribution < 1.29 is 4.79 Å². The standard InChI is InChI=1S/C12H20BrNO/c1-4-9-5-8(2)6-12(3,7-9)10(13)11(14)15/h5,8,10H,4,6-7H2,1-3H3,(H2,14,15). The molecule has 0 fully saturated rings. The molecule has 1 rings (SSSR count). The summed E-state index contributed by atoms with van der Waals surface area (Å²) in [7, 11) is 0. The van der Waals surface area contributed by atoms with Crippen LogP contribution >= 0.6 is 15.9 Å². The number of rotatable bonds is 3. The lowest BCUT2D eigenvalue weighted by Gasteiger charge is -2.39. The van der Waals surface area contributed by atoms with Crippen molar-refractivity contribution in [2.24, 2.45) is 17.1 Å². The Bertz CT molecular complexity index is 287. The Balaban J connectivity index is 2.88. The average Bonchev–Trinajstić information content (AvgIpc) is 2.15. The van der Waals surface area contributed by atoms with Crippen molar-refractivity contribution in [2.45, 2.75) is 44.9 Å². The van der Waals surface area contributed by atoms with Crippen LogP contribution in [0.1, 0.15) is 40.0 Å². The summed E-state index contributed by atoms with van der Waals surface area (Å²) in [4.78, 5) is 11.0. The summed E-state index contributed by atoms with van der Waals surface area (Å²) in [5, 5.41) is 0. The highest BCUT2D eigenvalue weighted by atomic mass is 79.9. The van der Waals surface area contributed by atoms with E-state index < -0.39 is 0 Å². The molecule has 0 radical (unpaired) electrons. The Morgan fingerprint density at radius 3 is 2.87 bits per heavy atom. The second kappa shape index (κ2) is 4.69. The second-order valence-corrected chi connectivity index (χ2v) is 5.87. The van der Waals surface area contributed by atoms with Crippen LogP contribution < -0.4 is 5.73 Å². The van der Waals surface area contributed by atoms with Crippen molar-refractivity contribution in [1.29, 1.82) is 0 Å². The second-order valence-electron chi connectivity index (χ2n) is 4.96. The van der Waals surface area contributed by atoms with Crippen LogP contribution in [0, 0.1) is 11.3 Å². The van der Waals surface area contributed by atoms with E-state index >= 15 is 0 Å². The molecule has 3 atom stereocenters. The van der Waals surface area contributed by atoms with E-state index in [0.717, 1.165) is 19.3 Å². The van der Waals surface area contributed by atoms with Crippen LogP contribution in [0.5, 0.6) is 0 Å². The van der Waals surface area contributed by atoms with Gasteiger partial charge in [-0.15, -0.1) is 0 Å². The van der Waals surface area contributed by atoms with Crippen molar-refractivity contribution in [1.82, 2.24) is 0 Å². The summed E-state index contributed by atoms with van der Waals surface area (Å²) in [6, 6.07) is 0. The van der Waals surface area contributed by atoms with Gasteiger partial charge in [0.2, 0.25) is 5.91 Å². The van der Waals surface area contributed by atoms with Crippen LogP contribution in [0.4, 0.5) is 0 Å². The van der Waals surface area contributed by atoms with E-state index in [-0.39, 0.29) is 16.1 Å². The van der Waals surface area contributed by atoms with Gasteiger partial charge in [-0.05, 0) is 30.6 Å². The van der Waals surface area contributed by atoms with E-state index in [1.807, 2.05) is 0 Å². The lowest BCUT2D eigenvalue weighted by Crippen LogP contribution is -2.41. The summed E-state index contributed by atoms with van der Waals surface area (Å²) >= 11 is 3.44. The summed E-state index contributed by atoms with van der Waals surface area (Å²) in [5.74, 6) is 0.292. The van der Waals surface area contributed by atoms with Gasteiger partial charge in [-0.3, -0.25) is 4.79 Å². The average molecular weight is 274 g/mol. The highest BCUT2D eigenvalue weighted by molar-refractivity contribution is 9.10. The summed E-state index contributed by atoms with van der Waals surface area (Å²) < 4.78 is 0. The molecule has 3 heteroatoms. The molecule has 15 heavy (non-hydrogen) atoms. The molecule has 0 aliphatic heterocycles. The largest absolute Gasteiger partial charge is 0.369 e. The SMILES string of the molecule is CCC1=CC(C)CC(C)(C(Br)C(N)=O)C1. The maximum Gasteiger partial charge on any atom is 0.231 e. The maximum absolute atomic E-state index is 11.3. The van der Waals surface area contributed by atoms with Crippen molar-refractivity contribution >= 4 is 21.8 Å². The molecule has 2 nitrogen and oxygen atoms in total. The van der Waals surface area contributed by atoms with Gasteiger partial charge in [-0.2, -0.15) is 0 Å². The fraction of sp³-hybridized carbons (Fsp3) is 0.750. The predicted octanol–water partition coefficient (Wildman–Crippen LogP) is 3.01. The third kappa shape index (κ3) is 2.83. The van der Waals surface area contributed by atoms with Gasteiger partial charge in [0, 0.05) is 0 Å². The number of nitrogens with two attached hydrogens (primary N) is 1. The van der Waals surface area contributed by atoms with E-state index in [0.29, 0.717) is 5.92 Å². The van der Waals surface area contributed by atoms with Gasteiger partial charge < -0.3 is 5.73 Å². The molecule has 0 heterocycles. The Hall–Kier alpha value is -0.310. The normalized spacial score (nSPS) is 33.3. The molecule has 1 amide bonds. The van der Waals surface area contributed by atoms with Crippen LogP contribution in [-0.4, -0.2) is 10.7 Å². The summed E-state index contributed by atoms with van der Waals surface area (Å²) in [6.45, 7) is 6.52. The molecule has 3 unspecified atom stereocenters. The monoisotopic (exact) mass is 273 g/mol. The molecular formula is C12H20BrNO. The molecule has 0 saturated heterocycles. The first-order valence-corrected chi connectivity index (χ1v) is 6.43. The Morgan fingerprint density at radius 1 is 1.80 bits per heavy atom. The lowest BCUT2D eigenvalue weighted by molar-refractivity contribution is -0.119. The number of primary amides is 1. The van der Waals surface area contributed by atoms with Crippen molar-refractivity contribution in [3.63, 3.8) is 0 Å². The number of carbonyl (C=O) groups excluding carboxylic acids is 1. The lowest BCUT2D eigenvalue weighted by atomic mass is 9.69. The van der Waals surface area contributed by atoms with Crippen LogP contribution in [0.25, 0.3) is 0 Å². The van der Waals surface area contributed by atoms with Gasteiger partial charge in [-0.1, -0.05) is 48.4 Å². The highest BCUT2D eigenvalue weighted by Gasteiger charge is 2.39. The zero-order valence-electron chi connectivity index (χ0n) is 9.72. The van der Waals surface area contributed by atoms with Crippen LogP contribution in [0.2, 0.25) is 0 Å². The number of carbonyl (C=O) groups is 1. The predicted molar refractivity (Wildman–Crippen MR) is 66.8 cm³/mol. The molecule has 0 aromatic carbocycles. The van der Waals surface area contributed by atoms with Crippen molar-refractivity contribution in [3.8, 4) is 0 Å². The minimum Gasteiger partial charge on any atom is -0.369 e. The third-order valence-electron chi connectivity index (χ3n) is 3.26. The molecule has 86 valence electrons. The first-order valence-electron chi connectivity index (χ1n) is 5.52. The quantitative estimate of drug-likeness (QED) is 0.624. The minimum atomic E-state index is -0.248. The highest BCUT2D eigenvalue weighted by Crippen LogP contribution is 2.44. The number of hydrogen-bond donors (Lipinski definition) is 1. The van der Waals surface area contributed by atoms with Crippen molar-refractivity contribution in [2.75, 3.05) is 0 Å². The molecule has 1 aliphatic carbocycles. The van der Waals surface area contributed by atoms with Crippen LogP contribution in [0.15, 0.2) is 11.6 Å². The molecule has 1 aliphatic rings. The molecule has 0 aromatic rings. The van der Waals surface area contributed by atoms with Gasteiger partial charge in [-0.25, -0.2) is 0 Å². The molecular weight excluding hydrogens is 254 g/mol. The topological polar surface area (TPSA) is 43.1 Å². The minimum absolute atomic E-state index is 0.0225. The Labute approximate surface area is 100 Å². The zero-order valence-corrected chi connectivity index (χ0v) is 11.3. The van der Waals surface area contributed by atoms with Gasteiger partial charge in [0.05, 0.1) is 4.83 Å². The van der Waals surface area contributed by atoms with Gasteiger partial charge in [0.1, 0.15) is 0 Å². The smallest absolute Gasteiger partial charge is 0.231 e. The van der Waals surface area contributed by atoms with E-state index in [2.05, 4.69) is 42.8 Å². The first kappa shape index (κ1) is 12.8. The molecule has 0 bridgehead atoms. The third-order valence-corrected chi connectivity index (χ3v) is 4.81. The molecule has 0 aromatic heterocycles. The molecule has 2 N–H and O–H groups in total. The number of halogens is 1. The Kier molecular flexibility index (Phi) is 3.99. The van der Waals surface area contributed by atoms with Gasteiger partial charge in [0.15, 0.2) is 0 Å². The molecule has 0 spiro atoms. The van der Waals surface area contributed by atoms with Gasteiger partial charge in [0.25, 0.3) is 0 Å². The number of allylic oxidation sites excluding steroid dienone is 2. The fourth-order valence-electron chi connectivity index (χ4n) is 2.63. The van der Waals surface area contributed by atoms with Crippen LogP contribution in [0.3, 0.4) is 0 Å². The van der Waals surface area contributed by atoms with Gasteiger partial charge >= 0.3 is 0 Å². The van der Waals surface area contributed by atoms with E-state index in [1.54, 1.807) is 0 Å². The van der Waals surface area contributed by atoms with Crippen LogP contribution in [-0.2, 0) is 4.79 Å². The molecule has 0 saturated carbocycles. The van der Waals surface area contributed by atoms with E-state index in [1.165, 1.54) is 5.57 Å². The van der Waals surface area contributed by atoms with Crippen molar-refractivity contribution in [3.05, 3.63) is 11.6 Å². The summed E-state index contributed by atoms with van der Waals surface area (Å²) in [6.07, 6.45) is 5.41. The maximum atomic E-state index is 11.3. The Morgan fingerprint density at radius 2 is 2.40 bits per heavy atom. The number of alkyl halides is 1. The van der Waals surface area contributed by atoms with E-state index in [9.17, 15) is 4.79 Å². The summed E-state index contributed by atoms with van der Waals surface area (Å²) in [5.41, 5.74) is 6.80. The number of amides is 1. The zero-order chi connectivity index (χ0) is 11.6. The fourth-order valence-corrected chi connectivity index (χ4v) is 2.97. The van der Waals surface area contributed by atoms with E-state index in [4.69, 9.17) is 5.73 Å². The number of hydrogen-bond acceptors (Lipinski definition) is 1. The first-order chi connectivity index (χ1) is 6.89.